The lowest BCUT2D eigenvalue weighted by atomic mass is 9.95. The second-order valence-electron chi connectivity index (χ2n) is 6.73. The Balaban J connectivity index is 1.65. The minimum atomic E-state index is -0.0171. The van der Waals surface area contributed by atoms with Gasteiger partial charge >= 0.3 is 0 Å². The molecule has 1 aliphatic carbocycles. The maximum absolute atomic E-state index is 12.8. The van der Waals surface area contributed by atoms with Crippen molar-refractivity contribution in [2.24, 2.45) is 0 Å². The van der Waals surface area contributed by atoms with Crippen molar-refractivity contribution in [2.45, 2.75) is 51.2 Å². The predicted octanol–water partition coefficient (Wildman–Crippen LogP) is 2.72. The van der Waals surface area contributed by atoms with Crippen molar-refractivity contribution in [2.75, 3.05) is 6.54 Å². The van der Waals surface area contributed by atoms with Crippen molar-refractivity contribution in [1.29, 1.82) is 0 Å². The number of nitrogens with zero attached hydrogens (tertiary/aromatic N) is 2. The van der Waals surface area contributed by atoms with E-state index >= 15 is 0 Å². The van der Waals surface area contributed by atoms with Crippen LogP contribution in [-0.4, -0.2) is 28.0 Å². The highest BCUT2D eigenvalue weighted by atomic mass is 16.2. The number of fused-ring (bicyclic) bond motifs is 1. The molecule has 2 aliphatic rings. The summed E-state index contributed by atoms with van der Waals surface area (Å²) in [6.45, 7) is 2.46. The number of hydrogen-bond acceptors (Lipinski definition) is 3. The molecule has 1 fully saturated rings. The average molecular weight is 324 g/mol. The molecular formula is C19H24N4O. The Morgan fingerprint density at radius 3 is 2.75 bits per heavy atom. The SMILES string of the molecule is O=C(NC1CCCCC1)c1nc(-c2ccccc2)n2c1CNCC2. The van der Waals surface area contributed by atoms with Gasteiger partial charge in [0.15, 0.2) is 5.69 Å². The zero-order valence-corrected chi connectivity index (χ0v) is 13.9. The number of benzene rings is 1. The second kappa shape index (κ2) is 6.77. The largest absolute Gasteiger partial charge is 0.348 e. The lowest BCUT2D eigenvalue weighted by Crippen LogP contribution is -2.37. The van der Waals surface area contributed by atoms with Gasteiger partial charge in [-0.25, -0.2) is 4.98 Å². The zero-order chi connectivity index (χ0) is 16.4. The Bertz CT molecular complexity index is 716. The minimum absolute atomic E-state index is 0.0171. The van der Waals surface area contributed by atoms with Crippen molar-refractivity contribution < 1.29 is 4.79 Å². The molecule has 0 saturated heterocycles. The predicted molar refractivity (Wildman–Crippen MR) is 93.7 cm³/mol. The number of hydrogen-bond donors (Lipinski definition) is 2. The van der Waals surface area contributed by atoms with Gasteiger partial charge in [-0.15, -0.1) is 0 Å². The fraction of sp³-hybridized carbons (Fsp3) is 0.474. The summed E-state index contributed by atoms with van der Waals surface area (Å²) in [4.78, 5) is 17.6. The van der Waals surface area contributed by atoms with Crippen molar-refractivity contribution in [3.63, 3.8) is 0 Å². The summed E-state index contributed by atoms with van der Waals surface area (Å²) in [6.07, 6.45) is 5.89. The van der Waals surface area contributed by atoms with Crippen LogP contribution in [0.25, 0.3) is 11.4 Å². The summed E-state index contributed by atoms with van der Waals surface area (Å²) in [5.74, 6) is 0.887. The van der Waals surface area contributed by atoms with E-state index < -0.39 is 0 Å². The lowest BCUT2D eigenvalue weighted by molar-refractivity contribution is 0.0921. The van der Waals surface area contributed by atoms with Crippen molar-refractivity contribution in [3.05, 3.63) is 41.7 Å². The molecular weight excluding hydrogens is 300 g/mol. The van der Waals surface area contributed by atoms with E-state index in [0.29, 0.717) is 18.3 Å². The normalized spacial score (nSPS) is 18.2. The maximum atomic E-state index is 12.8. The fourth-order valence-corrected chi connectivity index (χ4v) is 3.79. The van der Waals surface area contributed by atoms with Crippen LogP contribution in [0.15, 0.2) is 30.3 Å². The molecule has 1 aromatic carbocycles. The van der Waals surface area contributed by atoms with Gasteiger partial charge in [0.2, 0.25) is 0 Å². The summed E-state index contributed by atoms with van der Waals surface area (Å²) < 4.78 is 2.20. The number of carbonyl (C=O) groups is 1. The topological polar surface area (TPSA) is 59.0 Å². The van der Waals surface area contributed by atoms with E-state index in [4.69, 9.17) is 4.98 Å². The maximum Gasteiger partial charge on any atom is 0.272 e. The molecule has 0 unspecified atom stereocenters. The number of nitrogens with one attached hydrogen (secondary N) is 2. The Morgan fingerprint density at radius 1 is 1.17 bits per heavy atom. The first-order valence-corrected chi connectivity index (χ1v) is 8.99. The van der Waals surface area contributed by atoms with E-state index in [1.165, 1.54) is 19.3 Å². The van der Waals surface area contributed by atoms with Crippen LogP contribution < -0.4 is 10.6 Å². The van der Waals surface area contributed by atoms with E-state index in [-0.39, 0.29) is 5.91 Å². The van der Waals surface area contributed by atoms with Gasteiger partial charge in [0.05, 0.1) is 5.69 Å². The summed E-state index contributed by atoms with van der Waals surface area (Å²) in [6, 6.07) is 10.4. The van der Waals surface area contributed by atoms with E-state index in [9.17, 15) is 4.79 Å². The van der Waals surface area contributed by atoms with Gasteiger partial charge in [-0.1, -0.05) is 49.6 Å². The van der Waals surface area contributed by atoms with Gasteiger partial charge in [0, 0.05) is 31.2 Å². The minimum Gasteiger partial charge on any atom is -0.348 e. The molecule has 1 saturated carbocycles. The summed E-state index contributed by atoms with van der Waals surface area (Å²) in [7, 11) is 0. The summed E-state index contributed by atoms with van der Waals surface area (Å²) in [5.41, 5.74) is 2.66. The standard InChI is InChI=1S/C19H24N4O/c24-19(21-15-9-5-2-6-10-15)17-16-13-20-11-12-23(16)18(22-17)14-7-3-1-4-8-14/h1,3-4,7-8,15,20H,2,5-6,9-13H2,(H,21,24). The summed E-state index contributed by atoms with van der Waals surface area (Å²) >= 11 is 0. The van der Waals surface area contributed by atoms with E-state index in [2.05, 4.69) is 27.3 Å². The second-order valence-corrected chi connectivity index (χ2v) is 6.73. The molecule has 0 bridgehead atoms. The first-order valence-electron chi connectivity index (χ1n) is 8.99. The molecule has 2 N–H and O–H groups in total. The zero-order valence-electron chi connectivity index (χ0n) is 13.9. The van der Waals surface area contributed by atoms with E-state index in [1.54, 1.807) is 0 Å². The molecule has 2 heterocycles. The van der Waals surface area contributed by atoms with Crippen LogP contribution in [0.3, 0.4) is 0 Å². The monoisotopic (exact) mass is 324 g/mol. The van der Waals surface area contributed by atoms with E-state index in [0.717, 1.165) is 43.0 Å². The van der Waals surface area contributed by atoms with Gasteiger partial charge in [-0.2, -0.15) is 0 Å². The molecule has 5 nitrogen and oxygen atoms in total. The van der Waals surface area contributed by atoms with Gasteiger partial charge in [-0.05, 0) is 12.8 Å². The molecule has 4 rings (SSSR count). The molecule has 0 atom stereocenters. The highest BCUT2D eigenvalue weighted by molar-refractivity contribution is 5.94. The van der Waals surface area contributed by atoms with Gasteiger partial charge in [-0.3, -0.25) is 4.79 Å². The Kier molecular flexibility index (Phi) is 4.34. The van der Waals surface area contributed by atoms with Crippen LogP contribution in [0.5, 0.6) is 0 Å². The van der Waals surface area contributed by atoms with E-state index in [1.807, 2.05) is 18.2 Å². The lowest BCUT2D eigenvalue weighted by Gasteiger charge is -2.23. The molecule has 2 aromatic rings. The van der Waals surface area contributed by atoms with Crippen molar-refractivity contribution in [1.82, 2.24) is 20.2 Å². The number of rotatable bonds is 3. The third-order valence-corrected chi connectivity index (χ3v) is 5.06. The Hall–Kier alpha value is -2.14. The third kappa shape index (κ3) is 2.96. The number of carbonyl (C=O) groups excluding carboxylic acids is 1. The highest BCUT2D eigenvalue weighted by Crippen LogP contribution is 2.25. The van der Waals surface area contributed by atoms with Gasteiger partial charge < -0.3 is 15.2 Å². The van der Waals surface area contributed by atoms with Crippen LogP contribution >= 0.6 is 0 Å². The van der Waals surface area contributed by atoms with Gasteiger partial charge in [0.1, 0.15) is 5.82 Å². The molecule has 126 valence electrons. The van der Waals surface area contributed by atoms with Crippen LogP contribution in [0.4, 0.5) is 0 Å². The van der Waals surface area contributed by atoms with Crippen LogP contribution in [-0.2, 0) is 13.1 Å². The highest BCUT2D eigenvalue weighted by Gasteiger charge is 2.26. The molecule has 5 heteroatoms. The summed E-state index contributed by atoms with van der Waals surface area (Å²) in [5, 5.41) is 6.57. The van der Waals surface area contributed by atoms with Gasteiger partial charge in [0.25, 0.3) is 5.91 Å². The average Bonchev–Trinajstić information content (AvgIpc) is 3.03. The smallest absolute Gasteiger partial charge is 0.272 e. The third-order valence-electron chi connectivity index (χ3n) is 5.06. The van der Waals surface area contributed by atoms with Crippen LogP contribution in [0, 0.1) is 0 Å². The molecule has 24 heavy (non-hydrogen) atoms. The molecule has 0 spiro atoms. The number of aromatic nitrogens is 2. The first-order chi connectivity index (χ1) is 11.8. The molecule has 1 amide bonds. The Labute approximate surface area is 142 Å². The molecule has 1 aromatic heterocycles. The van der Waals surface area contributed by atoms with Crippen LogP contribution in [0.2, 0.25) is 0 Å². The van der Waals surface area contributed by atoms with Crippen LogP contribution in [0.1, 0.15) is 48.3 Å². The molecule has 1 aliphatic heterocycles. The fourth-order valence-electron chi connectivity index (χ4n) is 3.79. The number of amides is 1. The van der Waals surface area contributed by atoms with Crippen molar-refractivity contribution in [3.8, 4) is 11.4 Å². The quantitative estimate of drug-likeness (QED) is 0.913. The molecule has 0 radical (unpaired) electrons. The number of imidazole rings is 1. The van der Waals surface area contributed by atoms with Crippen molar-refractivity contribution >= 4 is 5.91 Å². The Morgan fingerprint density at radius 2 is 1.96 bits per heavy atom. The first kappa shape index (κ1) is 15.4.